The van der Waals surface area contributed by atoms with Gasteiger partial charge in [-0.3, -0.25) is 9.97 Å². The molecule has 4 N–H and O–H groups in total. The van der Waals surface area contributed by atoms with E-state index in [0.29, 0.717) is 17.8 Å². The summed E-state index contributed by atoms with van der Waals surface area (Å²) in [5.41, 5.74) is 1.06. The van der Waals surface area contributed by atoms with E-state index in [1.807, 2.05) is 12.1 Å². The number of aliphatic hydroxyl groups excluding tert-OH is 4. The minimum atomic E-state index is -1.44. The second-order valence-corrected chi connectivity index (χ2v) is 7.78. The maximum atomic E-state index is 10.3. The van der Waals surface area contributed by atoms with Gasteiger partial charge in [0.1, 0.15) is 30.5 Å². The SMILES string of the molecule is OC[C@H]1O[C@@H](c2cncc(Cc3cc4ccccc4s3)n2)[C@H](O)[C@@H](O)[C@@H]1O. The van der Waals surface area contributed by atoms with Gasteiger partial charge in [0, 0.05) is 22.2 Å². The molecule has 2 aromatic heterocycles. The summed E-state index contributed by atoms with van der Waals surface area (Å²) in [5.74, 6) is 0. The lowest BCUT2D eigenvalue weighted by Crippen LogP contribution is -2.55. The molecule has 5 atom stereocenters. The van der Waals surface area contributed by atoms with Gasteiger partial charge in [-0.2, -0.15) is 0 Å². The molecule has 0 bridgehead atoms. The smallest absolute Gasteiger partial charge is 0.130 e. The Labute approximate surface area is 159 Å². The molecule has 0 unspecified atom stereocenters. The van der Waals surface area contributed by atoms with Crippen LogP contribution in [-0.4, -0.2) is 61.4 Å². The molecule has 1 aliphatic heterocycles. The summed E-state index contributed by atoms with van der Waals surface area (Å²) in [6.45, 7) is -0.476. The molecule has 0 radical (unpaired) electrons. The standard InChI is InChI=1S/C19H20N2O5S/c22-9-14-16(23)17(24)18(25)19(26-14)13-8-20-7-11(21-13)6-12-5-10-3-1-2-4-15(10)27-12/h1-5,7-8,14,16-19,22-25H,6,9H2/t14-,16-,17+,18-,19+/m1/s1. The predicted octanol–water partition coefficient (Wildman–Crippen LogP) is 0.797. The third-order valence-corrected chi connectivity index (χ3v) is 5.83. The molecule has 1 aliphatic rings. The Bertz CT molecular complexity index is 898. The van der Waals surface area contributed by atoms with E-state index in [9.17, 15) is 20.4 Å². The molecule has 8 heteroatoms. The van der Waals surface area contributed by atoms with Gasteiger partial charge in [0.05, 0.1) is 24.2 Å². The van der Waals surface area contributed by atoms with Crippen molar-refractivity contribution in [3.05, 3.63) is 59.0 Å². The van der Waals surface area contributed by atoms with Crippen molar-refractivity contribution in [3.63, 3.8) is 0 Å². The highest BCUT2D eigenvalue weighted by Gasteiger charge is 2.44. The third kappa shape index (κ3) is 3.60. The van der Waals surface area contributed by atoms with Crippen LogP contribution < -0.4 is 0 Å². The molecular weight excluding hydrogens is 368 g/mol. The number of hydrogen-bond donors (Lipinski definition) is 4. The zero-order chi connectivity index (χ0) is 19.0. The summed E-state index contributed by atoms with van der Waals surface area (Å²) >= 11 is 1.68. The summed E-state index contributed by atoms with van der Waals surface area (Å²) in [7, 11) is 0. The molecular formula is C19H20N2O5S. The molecule has 142 valence electrons. The minimum absolute atomic E-state index is 0.352. The van der Waals surface area contributed by atoms with E-state index in [4.69, 9.17) is 4.74 Å². The quantitative estimate of drug-likeness (QED) is 0.522. The summed E-state index contributed by atoms with van der Waals surface area (Å²) < 4.78 is 6.76. The first-order chi connectivity index (χ1) is 13.1. The molecule has 7 nitrogen and oxygen atoms in total. The van der Waals surface area contributed by atoms with Crippen molar-refractivity contribution in [2.45, 2.75) is 36.9 Å². The minimum Gasteiger partial charge on any atom is -0.394 e. The molecule has 0 spiro atoms. The molecule has 27 heavy (non-hydrogen) atoms. The highest BCUT2D eigenvalue weighted by Crippen LogP contribution is 2.32. The summed E-state index contributed by atoms with van der Waals surface area (Å²) in [5, 5.41) is 40.7. The number of aromatic nitrogens is 2. The van der Waals surface area contributed by atoms with Gasteiger partial charge in [0.15, 0.2) is 0 Å². The normalized spacial score (nSPS) is 28.5. The van der Waals surface area contributed by atoms with Gasteiger partial charge in [0.2, 0.25) is 0 Å². The molecule has 0 aliphatic carbocycles. The number of nitrogens with zero attached hydrogens (tertiary/aromatic N) is 2. The van der Waals surface area contributed by atoms with E-state index in [0.717, 1.165) is 4.88 Å². The maximum absolute atomic E-state index is 10.3. The Hall–Kier alpha value is -1.94. The van der Waals surface area contributed by atoms with Crippen LogP contribution in [0.4, 0.5) is 0 Å². The average Bonchev–Trinajstić information content (AvgIpc) is 3.09. The fourth-order valence-electron chi connectivity index (χ4n) is 3.29. The van der Waals surface area contributed by atoms with E-state index >= 15 is 0 Å². The topological polar surface area (TPSA) is 116 Å². The molecule has 0 amide bonds. The van der Waals surface area contributed by atoms with Crippen molar-refractivity contribution in [3.8, 4) is 0 Å². The number of fused-ring (bicyclic) bond motifs is 1. The van der Waals surface area contributed by atoms with E-state index in [2.05, 4.69) is 28.2 Å². The fourth-order valence-corrected chi connectivity index (χ4v) is 4.37. The number of ether oxygens (including phenoxy) is 1. The van der Waals surface area contributed by atoms with Crippen LogP contribution in [0.25, 0.3) is 10.1 Å². The van der Waals surface area contributed by atoms with Crippen molar-refractivity contribution in [2.75, 3.05) is 6.61 Å². The Morgan fingerprint density at radius 3 is 2.63 bits per heavy atom. The number of aliphatic hydroxyl groups is 4. The Morgan fingerprint density at radius 1 is 1.04 bits per heavy atom. The fraction of sp³-hybridized carbons (Fsp3) is 0.368. The molecule has 0 saturated carbocycles. The van der Waals surface area contributed by atoms with Crippen LogP contribution >= 0.6 is 11.3 Å². The predicted molar refractivity (Wildman–Crippen MR) is 99.4 cm³/mol. The maximum Gasteiger partial charge on any atom is 0.130 e. The van der Waals surface area contributed by atoms with Crippen LogP contribution in [0.1, 0.15) is 22.4 Å². The number of hydrogen-bond acceptors (Lipinski definition) is 8. The molecule has 3 aromatic rings. The van der Waals surface area contributed by atoms with Crippen molar-refractivity contribution >= 4 is 21.4 Å². The molecule has 1 saturated heterocycles. The zero-order valence-corrected chi connectivity index (χ0v) is 15.2. The van der Waals surface area contributed by atoms with Gasteiger partial charge in [-0.15, -0.1) is 11.3 Å². The van der Waals surface area contributed by atoms with Gasteiger partial charge < -0.3 is 25.2 Å². The lowest BCUT2D eigenvalue weighted by Gasteiger charge is -2.39. The van der Waals surface area contributed by atoms with E-state index in [1.165, 1.54) is 16.3 Å². The Morgan fingerprint density at radius 2 is 1.85 bits per heavy atom. The lowest BCUT2D eigenvalue weighted by atomic mass is 9.93. The monoisotopic (exact) mass is 388 g/mol. The second-order valence-electron chi connectivity index (χ2n) is 6.61. The molecule has 3 heterocycles. The summed E-state index contributed by atoms with van der Waals surface area (Å²) in [6, 6.07) is 10.2. The first-order valence-electron chi connectivity index (χ1n) is 8.65. The highest BCUT2D eigenvalue weighted by atomic mass is 32.1. The van der Waals surface area contributed by atoms with Crippen LogP contribution in [0.15, 0.2) is 42.7 Å². The van der Waals surface area contributed by atoms with Gasteiger partial charge >= 0.3 is 0 Å². The zero-order valence-electron chi connectivity index (χ0n) is 14.3. The van der Waals surface area contributed by atoms with Gasteiger partial charge in [0.25, 0.3) is 0 Å². The van der Waals surface area contributed by atoms with Crippen LogP contribution in [0.3, 0.4) is 0 Å². The van der Waals surface area contributed by atoms with Crippen molar-refractivity contribution in [1.82, 2.24) is 9.97 Å². The van der Waals surface area contributed by atoms with E-state index < -0.39 is 37.1 Å². The largest absolute Gasteiger partial charge is 0.394 e. The van der Waals surface area contributed by atoms with Crippen LogP contribution in [0.2, 0.25) is 0 Å². The molecule has 1 fully saturated rings. The Balaban J connectivity index is 1.58. The van der Waals surface area contributed by atoms with Crippen LogP contribution in [0, 0.1) is 0 Å². The van der Waals surface area contributed by atoms with Crippen molar-refractivity contribution in [1.29, 1.82) is 0 Å². The lowest BCUT2D eigenvalue weighted by molar-refractivity contribution is -0.232. The molecule has 1 aromatic carbocycles. The average molecular weight is 388 g/mol. The third-order valence-electron chi connectivity index (χ3n) is 4.72. The number of benzene rings is 1. The second kappa shape index (κ2) is 7.59. The first kappa shape index (κ1) is 18.4. The van der Waals surface area contributed by atoms with Crippen molar-refractivity contribution in [2.24, 2.45) is 0 Å². The van der Waals surface area contributed by atoms with E-state index in [-0.39, 0.29) is 0 Å². The van der Waals surface area contributed by atoms with Crippen LogP contribution in [0.5, 0.6) is 0 Å². The van der Waals surface area contributed by atoms with E-state index in [1.54, 1.807) is 17.5 Å². The van der Waals surface area contributed by atoms with Gasteiger partial charge in [-0.1, -0.05) is 18.2 Å². The number of rotatable bonds is 4. The Kier molecular flexibility index (Phi) is 5.18. The summed E-state index contributed by atoms with van der Waals surface area (Å²) in [6.07, 6.45) is -2.45. The van der Waals surface area contributed by atoms with Gasteiger partial charge in [-0.05, 0) is 17.5 Å². The van der Waals surface area contributed by atoms with Gasteiger partial charge in [-0.25, -0.2) is 0 Å². The molecule has 4 rings (SSSR count). The number of thiophene rings is 1. The highest BCUT2D eigenvalue weighted by molar-refractivity contribution is 7.19. The first-order valence-corrected chi connectivity index (χ1v) is 9.47. The van der Waals surface area contributed by atoms with Crippen molar-refractivity contribution < 1.29 is 25.2 Å². The summed E-state index contributed by atoms with van der Waals surface area (Å²) in [4.78, 5) is 9.84. The van der Waals surface area contributed by atoms with Crippen LogP contribution in [-0.2, 0) is 11.2 Å².